The van der Waals surface area contributed by atoms with Crippen molar-refractivity contribution in [1.29, 1.82) is 0 Å². The minimum absolute atomic E-state index is 0.0887. The first kappa shape index (κ1) is 20.3. The Morgan fingerprint density at radius 1 is 0.818 bits per heavy atom. The van der Waals surface area contributed by atoms with Crippen LogP contribution in [0, 0.1) is 0 Å². The van der Waals surface area contributed by atoms with E-state index in [4.69, 9.17) is 8.85 Å². The lowest BCUT2D eigenvalue weighted by Crippen LogP contribution is -2.48. The molecule has 0 spiro atoms. The molecule has 0 atom stereocenters. The van der Waals surface area contributed by atoms with Gasteiger partial charge in [-0.1, -0.05) is 39.5 Å². The van der Waals surface area contributed by atoms with E-state index in [1.54, 1.807) is 0 Å². The van der Waals surface area contributed by atoms with Crippen molar-refractivity contribution < 1.29 is 8.85 Å². The standard InChI is InChI=1S/C12H24O2Si.C4H14N2Si/c1-13-15(14-2,11-7-3-4-8-11)12-9-5-6-10-12;1-3-5-7-6-4-2/h11-12H,3-10H2,1-2H3;5-6H,3-4,7H2,1-2H3. The van der Waals surface area contributed by atoms with Crippen molar-refractivity contribution in [2.45, 2.75) is 76.3 Å². The van der Waals surface area contributed by atoms with Gasteiger partial charge in [-0.2, -0.15) is 0 Å². The second-order valence-electron chi connectivity index (χ2n) is 6.48. The van der Waals surface area contributed by atoms with Crippen molar-refractivity contribution in [3.63, 3.8) is 0 Å². The minimum Gasteiger partial charge on any atom is -0.397 e. The van der Waals surface area contributed by atoms with Gasteiger partial charge in [0, 0.05) is 25.3 Å². The van der Waals surface area contributed by atoms with Crippen LogP contribution in [0.25, 0.3) is 0 Å². The Labute approximate surface area is 141 Å². The number of hydrogen-bond acceptors (Lipinski definition) is 4. The highest BCUT2D eigenvalue weighted by molar-refractivity contribution is 6.70. The molecular formula is C16H38N2O2Si2. The van der Waals surface area contributed by atoms with Gasteiger partial charge in [0.05, 0.1) is 0 Å². The van der Waals surface area contributed by atoms with Crippen LogP contribution in [0.15, 0.2) is 0 Å². The third kappa shape index (κ3) is 5.72. The molecule has 2 aliphatic carbocycles. The SMILES string of the molecule is CCN[SiH2]NCC.CO[Si](OC)(C1CCCC1)C1CCCC1. The molecule has 0 amide bonds. The summed E-state index contributed by atoms with van der Waals surface area (Å²) in [5.74, 6) is 0. The van der Waals surface area contributed by atoms with Crippen LogP contribution in [-0.4, -0.2) is 45.7 Å². The smallest absolute Gasteiger partial charge is 0.344 e. The highest BCUT2D eigenvalue weighted by Crippen LogP contribution is 2.50. The van der Waals surface area contributed by atoms with Crippen LogP contribution in [0.3, 0.4) is 0 Å². The molecule has 22 heavy (non-hydrogen) atoms. The number of hydrogen-bond donors (Lipinski definition) is 2. The maximum absolute atomic E-state index is 5.97. The van der Waals surface area contributed by atoms with Crippen molar-refractivity contribution >= 4 is 18.4 Å². The van der Waals surface area contributed by atoms with Crippen LogP contribution in [0.5, 0.6) is 0 Å². The Hall–Kier alpha value is 0.274. The minimum atomic E-state index is -1.88. The van der Waals surface area contributed by atoms with Crippen LogP contribution in [0.1, 0.15) is 65.2 Å². The molecule has 2 aliphatic rings. The molecule has 0 aromatic heterocycles. The van der Waals surface area contributed by atoms with Gasteiger partial charge in [0.1, 0.15) is 0 Å². The summed E-state index contributed by atoms with van der Waals surface area (Å²) in [7, 11) is 1.82. The molecule has 0 aromatic carbocycles. The fraction of sp³-hybridized carbons (Fsp3) is 1.00. The third-order valence-corrected chi connectivity index (χ3v) is 11.4. The van der Waals surface area contributed by atoms with Gasteiger partial charge in [0.25, 0.3) is 0 Å². The predicted molar refractivity (Wildman–Crippen MR) is 100 cm³/mol. The first-order valence-electron chi connectivity index (χ1n) is 9.26. The lowest BCUT2D eigenvalue weighted by molar-refractivity contribution is 0.214. The summed E-state index contributed by atoms with van der Waals surface area (Å²) >= 11 is 0. The molecule has 6 heteroatoms. The lowest BCUT2D eigenvalue weighted by Gasteiger charge is -2.37. The summed E-state index contributed by atoms with van der Waals surface area (Å²) in [6.45, 7) is 6.48. The fourth-order valence-electron chi connectivity index (χ4n) is 4.08. The van der Waals surface area contributed by atoms with E-state index in [1.165, 1.54) is 51.4 Å². The zero-order valence-corrected chi connectivity index (χ0v) is 17.7. The van der Waals surface area contributed by atoms with Gasteiger partial charge in [-0.15, -0.1) is 0 Å². The highest BCUT2D eigenvalue weighted by atomic mass is 28.4. The van der Waals surface area contributed by atoms with Gasteiger partial charge in [0.15, 0.2) is 9.84 Å². The molecular weight excluding hydrogens is 308 g/mol. The average molecular weight is 347 g/mol. The molecule has 4 nitrogen and oxygen atoms in total. The molecule has 2 fully saturated rings. The van der Waals surface area contributed by atoms with E-state index in [0.29, 0.717) is 0 Å². The van der Waals surface area contributed by atoms with Crippen molar-refractivity contribution in [1.82, 2.24) is 9.96 Å². The Kier molecular flexibility index (Phi) is 10.9. The summed E-state index contributed by atoms with van der Waals surface area (Å²) in [5.41, 5.74) is 1.55. The van der Waals surface area contributed by atoms with Crippen LogP contribution in [0.2, 0.25) is 11.1 Å². The first-order chi connectivity index (χ1) is 10.7. The fourth-order valence-corrected chi connectivity index (χ4v) is 9.35. The molecule has 0 saturated heterocycles. The second-order valence-corrected chi connectivity index (χ2v) is 11.7. The molecule has 0 aromatic rings. The van der Waals surface area contributed by atoms with E-state index < -0.39 is 8.56 Å². The van der Waals surface area contributed by atoms with Crippen molar-refractivity contribution in [3.05, 3.63) is 0 Å². The molecule has 0 bridgehead atoms. The van der Waals surface area contributed by atoms with Gasteiger partial charge < -0.3 is 18.8 Å². The van der Waals surface area contributed by atoms with Gasteiger partial charge >= 0.3 is 8.56 Å². The number of nitrogens with one attached hydrogen (secondary N) is 2. The summed E-state index contributed by atoms with van der Waals surface area (Å²) in [6.07, 6.45) is 11.0. The molecule has 0 unspecified atom stereocenters. The van der Waals surface area contributed by atoms with Gasteiger partial charge in [-0.05, 0) is 38.8 Å². The monoisotopic (exact) mass is 346 g/mol. The van der Waals surface area contributed by atoms with Crippen molar-refractivity contribution in [2.75, 3.05) is 27.3 Å². The summed E-state index contributed by atoms with van der Waals surface area (Å²) in [4.78, 5) is 6.55. The van der Waals surface area contributed by atoms with E-state index in [9.17, 15) is 0 Å². The second kappa shape index (κ2) is 11.8. The maximum Gasteiger partial charge on any atom is 0.344 e. The van der Waals surface area contributed by atoms with Crippen LogP contribution >= 0.6 is 0 Å². The quantitative estimate of drug-likeness (QED) is 0.524. The number of rotatable bonds is 8. The first-order valence-corrected chi connectivity index (χ1v) is 12.6. The molecule has 132 valence electrons. The topological polar surface area (TPSA) is 42.5 Å². The zero-order chi connectivity index (χ0) is 16.3. The van der Waals surface area contributed by atoms with Gasteiger partial charge in [-0.25, -0.2) is 0 Å². The van der Waals surface area contributed by atoms with Crippen molar-refractivity contribution in [3.8, 4) is 0 Å². The van der Waals surface area contributed by atoms with E-state index in [1.807, 2.05) is 14.2 Å². The summed E-state index contributed by atoms with van der Waals surface area (Å²) in [6, 6.07) is 0. The predicted octanol–water partition coefficient (Wildman–Crippen LogP) is 2.81. The van der Waals surface area contributed by atoms with Crippen molar-refractivity contribution in [2.24, 2.45) is 0 Å². The average Bonchev–Trinajstić information content (AvgIpc) is 3.25. The third-order valence-electron chi connectivity index (χ3n) is 5.24. The molecule has 0 radical (unpaired) electrons. The molecule has 0 aliphatic heterocycles. The van der Waals surface area contributed by atoms with E-state index in [-0.39, 0.29) is 9.84 Å². The molecule has 2 saturated carbocycles. The maximum atomic E-state index is 5.97. The van der Waals surface area contributed by atoms with E-state index in [0.717, 1.165) is 24.2 Å². The molecule has 2 rings (SSSR count). The van der Waals surface area contributed by atoms with Crippen LogP contribution < -0.4 is 9.96 Å². The Balaban J connectivity index is 0.000000295. The Bertz CT molecular complexity index is 245. The Morgan fingerprint density at radius 2 is 1.18 bits per heavy atom. The van der Waals surface area contributed by atoms with E-state index >= 15 is 0 Å². The van der Waals surface area contributed by atoms with Gasteiger partial charge in [0.2, 0.25) is 0 Å². The molecule has 2 N–H and O–H groups in total. The van der Waals surface area contributed by atoms with E-state index in [2.05, 4.69) is 23.8 Å². The normalized spacial score (nSPS) is 20.2. The van der Waals surface area contributed by atoms with Crippen LogP contribution in [0.4, 0.5) is 0 Å². The zero-order valence-electron chi connectivity index (χ0n) is 15.2. The van der Waals surface area contributed by atoms with Crippen LogP contribution in [-0.2, 0) is 8.85 Å². The van der Waals surface area contributed by atoms with Gasteiger partial charge in [-0.3, -0.25) is 0 Å². The lowest BCUT2D eigenvalue weighted by atomic mass is 10.3. The molecule has 0 heterocycles. The largest absolute Gasteiger partial charge is 0.397 e. The summed E-state index contributed by atoms with van der Waals surface area (Å²) < 4.78 is 11.9. The Morgan fingerprint density at radius 3 is 1.45 bits per heavy atom. The highest BCUT2D eigenvalue weighted by Gasteiger charge is 2.52. The summed E-state index contributed by atoms with van der Waals surface area (Å²) in [5, 5.41) is 0.